The minimum atomic E-state index is -0.848. The average molecular weight is 559 g/mol. The Hall–Kier alpha value is -4.30. The van der Waals surface area contributed by atoms with E-state index in [-0.39, 0.29) is 22.8 Å². The van der Waals surface area contributed by atoms with Gasteiger partial charge in [-0.05, 0) is 74.0 Å². The SMILES string of the molecule is CCOc1cc([C@H]2/C(=C(\O)c3ccc(OCc4ccccc4)cc3C)C(=O)C(=O)N2CCN(CC)CC)ccc1O. The third kappa shape index (κ3) is 6.55. The van der Waals surface area contributed by atoms with E-state index in [4.69, 9.17) is 9.47 Å². The van der Waals surface area contributed by atoms with E-state index in [1.54, 1.807) is 37.3 Å². The van der Waals surface area contributed by atoms with Gasteiger partial charge in [0.15, 0.2) is 11.5 Å². The van der Waals surface area contributed by atoms with Gasteiger partial charge in [0.1, 0.15) is 18.1 Å². The first kappa shape index (κ1) is 29.7. The van der Waals surface area contributed by atoms with Crippen LogP contribution in [0.5, 0.6) is 17.2 Å². The van der Waals surface area contributed by atoms with Crippen LogP contribution in [0, 0.1) is 6.92 Å². The molecule has 216 valence electrons. The van der Waals surface area contributed by atoms with Crippen LogP contribution in [0.15, 0.2) is 72.3 Å². The molecule has 0 spiro atoms. The fourth-order valence-electron chi connectivity index (χ4n) is 5.10. The van der Waals surface area contributed by atoms with Crippen molar-refractivity contribution < 1.29 is 29.3 Å². The summed E-state index contributed by atoms with van der Waals surface area (Å²) < 4.78 is 11.5. The number of aliphatic hydroxyl groups is 1. The highest BCUT2D eigenvalue weighted by Crippen LogP contribution is 2.42. The van der Waals surface area contributed by atoms with Crippen molar-refractivity contribution in [3.8, 4) is 17.2 Å². The molecular weight excluding hydrogens is 520 g/mol. The van der Waals surface area contributed by atoms with Crippen LogP contribution < -0.4 is 9.47 Å². The summed E-state index contributed by atoms with van der Waals surface area (Å²) in [6.45, 7) is 10.9. The molecule has 8 nitrogen and oxygen atoms in total. The van der Waals surface area contributed by atoms with Crippen molar-refractivity contribution in [2.24, 2.45) is 0 Å². The first-order valence-electron chi connectivity index (χ1n) is 14.0. The van der Waals surface area contributed by atoms with E-state index in [1.807, 2.05) is 51.1 Å². The highest BCUT2D eigenvalue weighted by molar-refractivity contribution is 6.46. The number of ether oxygens (including phenoxy) is 2. The number of phenolic OH excluding ortho intramolecular Hbond substituents is 1. The summed E-state index contributed by atoms with van der Waals surface area (Å²) in [7, 11) is 0. The summed E-state index contributed by atoms with van der Waals surface area (Å²) in [6.07, 6.45) is 0. The second kappa shape index (κ2) is 13.4. The lowest BCUT2D eigenvalue weighted by Crippen LogP contribution is -2.38. The molecule has 1 aliphatic heterocycles. The van der Waals surface area contributed by atoms with Gasteiger partial charge in [-0.1, -0.05) is 50.2 Å². The predicted octanol–water partition coefficient (Wildman–Crippen LogP) is 5.44. The number of likely N-dealkylation sites (N-methyl/N-ethyl adjacent to an activating group) is 1. The monoisotopic (exact) mass is 558 g/mol. The Bertz CT molecular complexity index is 1410. The summed E-state index contributed by atoms with van der Waals surface area (Å²) in [5.74, 6) is -0.846. The van der Waals surface area contributed by atoms with Crippen LogP contribution in [0.3, 0.4) is 0 Å². The van der Waals surface area contributed by atoms with Crippen LogP contribution in [-0.2, 0) is 16.2 Å². The van der Waals surface area contributed by atoms with Gasteiger partial charge in [-0.3, -0.25) is 9.59 Å². The van der Waals surface area contributed by atoms with E-state index in [2.05, 4.69) is 4.90 Å². The molecule has 3 aromatic rings. The lowest BCUT2D eigenvalue weighted by molar-refractivity contribution is -0.140. The first-order valence-corrected chi connectivity index (χ1v) is 14.0. The molecular formula is C33H38N2O6. The zero-order chi connectivity index (χ0) is 29.5. The smallest absolute Gasteiger partial charge is 0.295 e. The van der Waals surface area contributed by atoms with Crippen molar-refractivity contribution in [2.45, 2.75) is 40.3 Å². The third-order valence-corrected chi connectivity index (χ3v) is 7.39. The molecule has 3 aromatic carbocycles. The number of hydrogen-bond acceptors (Lipinski definition) is 7. The number of aryl methyl sites for hydroxylation is 1. The molecule has 0 radical (unpaired) electrons. The second-order valence-corrected chi connectivity index (χ2v) is 9.93. The van der Waals surface area contributed by atoms with Crippen molar-refractivity contribution in [1.82, 2.24) is 9.80 Å². The standard InChI is InChI=1S/C33H38N2O6/c1-5-34(6-2)17-18-35-30(24-13-16-27(36)28(20-24)40-7-3)29(32(38)33(35)39)31(37)26-15-14-25(19-22(26)4)41-21-23-11-9-8-10-12-23/h8-16,19-20,30,36-37H,5-7,17-18,21H2,1-4H3/b31-29+/t30-/m0/s1. The minimum Gasteiger partial charge on any atom is -0.507 e. The minimum absolute atomic E-state index is 0.00346. The number of amides is 1. The Kier molecular flexibility index (Phi) is 9.68. The van der Waals surface area contributed by atoms with Crippen LogP contribution in [-0.4, -0.2) is 64.5 Å². The first-order chi connectivity index (χ1) is 19.8. The number of nitrogens with zero attached hydrogens (tertiary/aromatic N) is 2. The van der Waals surface area contributed by atoms with Gasteiger partial charge < -0.3 is 29.5 Å². The van der Waals surface area contributed by atoms with E-state index in [9.17, 15) is 19.8 Å². The number of rotatable bonds is 12. The van der Waals surface area contributed by atoms with Gasteiger partial charge in [0, 0.05) is 18.7 Å². The highest BCUT2D eigenvalue weighted by atomic mass is 16.5. The van der Waals surface area contributed by atoms with Crippen molar-refractivity contribution in [3.05, 3.63) is 94.6 Å². The molecule has 1 saturated heterocycles. The maximum absolute atomic E-state index is 13.5. The number of aliphatic hydroxyl groups excluding tert-OH is 1. The van der Waals surface area contributed by atoms with Crippen LogP contribution >= 0.6 is 0 Å². The molecule has 1 atom stereocenters. The molecule has 8 heteroatoms. The maximum atomic E-state index is 13.5. The van der Waals surface area contributed by atoms with Crippen LogP contribution in [0.1, 0.15) is 49.1 Å². The third-order valence-electron chi connectivity index (χ3n) is 7.39. The van der Waals surface area contributed by atoms with Crippen molar-refractivity contribution >= 4 is 17.4 Å². The summed E-state index contributed by atoms with van der Waals surface area (Å²) in [6, 6.07) is 19.0. The summed E-state index contributed by atoms with van der Waals surface area (Å²) >= 11 is 0. The largest absolute Gasteiger partial charge is 0.507 e. The Morgan fingerprint density at radius 3 is 2.34 bits per heavy atom. The zero-order valence-electron chi connectivity index (χ0n) is 24.1. The fraction of sp³-hybridized carbons (Fsp3) is 0.333. The number of carbonyl (C=O) groups is 2. The van der Waals surface area contributed by atoms with Crippen LogP contribution in [0.25, 0.3) is 5.76 Å². The van der Waals surface area contributed by atoms with Gasteiger partial charge in [0.2, 0.25) is 0 Å². The number of hydrogen-bond donors (Lipinski definition) is 2. The Morgan fingerprint density at radius 2 is 1.68 bits per heavy atom. The second-order valence-electron chi connectivity index (χ2n) is 9.93. The zero-order valence-corrected chi connectivity index (χ0v) is 24.1. The fourth-order valence-corrected chi connectivity index (χ4v) is 5.10. The molecule has 0 bridgehead atoms. The lowest BCUT2D eigenvalue weighted by atomic mass is 9.93. The number of aromatic hydroxyl groups is 1. The lowest BCUT2D eigenvalue weighted by Gasteiger charge is -2.28. The van der Waals surface area contributed by atoms with E-state index in [1.165, 1.54) is 11.0 Å². The number of ketones is 1. The van der Waals surface area contributed by atoms with Gasteiger partial charge in [-0.15, -0.1) is 0 Å². The molecule has 1 heterocycles. The number of phenols is 1. The molecule has 0 unspecified atom stereocenters. The molecule has 0 saturated carbocycles. The summed E-state index contributed by atoms with van der Waals surface area (Å²) in [5.41, 5.74) is 2.73. The Balaban J connectivity index is 1.73. The molecule has 0 aromatic heterocycles. The number of carbonyl (C=O) groups excluding carboxylic acids is 2. The number of benzene rings is 3. The van der Waals surface area contributed by atoms with Gasteiger partial charge in [-0.25, -0.2) is 0 Å². The number of likely N-dealkylation sites (tertiary alicyclic amines) is 1. The molecule has 41 heavy (non-hydrogen) atoms. The van der Waals surface area contributed by atoms with E-state index < -0.39 is 17.7 Å². The Labute approximate surface area is 241 Å². The highest BCUT2D eigenvalue weighted by Gasteiger charge is 2.46. The molecule has 4 rings (SSSR count). The maximum Gasteiger partial charge on any atom is 0.295 e. The summed E-state index contributed by atoms with van der Waals surface area (Å²) in [5, 5.41) is 21.9. The van der Waals surface area contributed by atoms with Crippen molar-refractivity contribution in [3.63, 3.8) is 0 Å². The molecule has 0 aliphatic carbocycles. The van der Waals surface area contributed by atoms with Crippen molar-refractivity contribution in [2.75, 3.05) is 32.8 Å². The molecule has 1 fully saturated rings. The van der Waals surface area contributed by atoms with Gasteiger partial charge in [-0.2, -0.15) is 0 Å². The van der Waals surface area contributed by atoms with Gasteiger partial charge >= 0.3 is 0 Å². The quantitative estimate of drug-likeness (QED) is 0.173. The van der Waals surface area contributed by atoms with Crippen LogP contribution in [0.2, 0.25) is 0 Å². The number of Topliss-reactive ketones (excluding diaryl/α,β-unsaturated/α-hetero) is 1. The van der Waals surface area contributed by atoms with E-state index >= 15 is 0 Å². The molecule has 1 aliphatic rings. The summed E-state index contributed by atoms with van der Waals surface area (Å²) in [4.78, 5) is 30.5. The normalized spacial score (nSPS) is 16.4. The van der Waals surface area contributed by atoms with Gasteiger partial charge in [0.05, 0.1) is 18.2 Å². The average Bonchev–Trinajstić information content (AvgIpc) is 3.23. The van der Waals surface area contributed by atoms with Crippen molar-refractivity contribution in [1.29, 1.82) is 0 Å². The molecule has 2 N–H and O–H groups in total. The van der Waals surface area contributed by atoms with Crippen LogP contribution in [0.4, 0.5) is 0 Å². The van der Waals surface area contributed by atoms with E-state index in [0.717, 1.165) is 18.7 Å². The molecule has 1 amide bonds. The Morgan fingerprint density at radius 1 is 0.951 bits per heavy atom. The topological polar surface area (TPSA) is 99.5 Å². The van der Waals surface area contributed by atoms with E-state index in [0.29, 0.717) is 48.7 Å². The van der Waals surface area contributed by atoms with Gasteiger partial charge in [0.25, 0.3) is 11.7 Å². The predicted molar refractivity (Wildman–Crippen MR) is 158 cm³/mol.